The van der Waals surface area contributed by atoms with Crippen molar-refractivity contribution in [1.82, 2.24) is 14.5 Å². The number of hydrogen-bond donors (Lipinski definition) is 0. The van der Waals surface area contributed by atoms with Crippen LogP contribution in [0.4, 0.5) is 0 Å². The molecule has 0 saturated heterocycles. The molecule has 4 nitrogen and oxygen atoms in total. The summed E-state index contributed by atoms with van der Waals surface area (Å²) in [7, 11) is 1.82. The molecule has 112 valence electrons. The first kappa shape index (κ1) is 14.7. The average Bonchev–Trinajstić information content (AvgIpc) is 3.03. The van der Waals surface area contributed by atoms with E-state index < -0.39 is 0 Å². The zero-order valence-electron chi connectivity index (χ0n) is 12.6. The van der Waals surface area contributed by atoms with Crippen LogP contribution in [0, 0.1) is 0 Å². The number of nitrogens with zero attached hydrogens (tertiary/aromatic N) is 3. The molecule has 0 aliphatic heterocycles. The first-order valence-corrected chi connectivity index (χ1v) is 8.01. The minimum atomic E-state index is -0.0141. The summed E-state index contributed by atoms with van der Waals surface area (Å²) in [5.74, 6) is -0.0141. The molecule has 0 radical (unpaired) electrons. The second-order valence-electron chi connectivity index (χ2n) is 5.20. The summed E-state index contributed by atoms with van der Waals surface area (Å²) in [4.78, 5) is 15.0. The lowest BCUT2D eigenvalue weighted by atomic mass is 10.0. The highest BCUT2D eigenvalue weighted by atomic mass is 32.1. The molecular formula is C17H17N3OS. The number of hydrogen-bond acceptors (Lipinski definition) is 4. The van der Waals surface area contributed by atoms with Crippen molar-refractivity contribution < 1.29 is 4.79 Å². The molecule has 1 aromatic heterocycles. The van der Waals surface area contributed by atoms with Gasteiger partial charge in [0, 0.05) is 13.6 Å². The summed E-state index contributed by atoms with van der Waals surface area (Å²) >= 11 is 1.17. The van der Waals surface area contributed by atoms with Crippen molar-refractivity contribution in [2.24, 2.45) is 0 Å². The summed E-state index contributed by atoms with van der Waals surface area (Å²) in [5, 5.41) is 6.39. The molecule has 3 rings (SSSR count). The molecule has 0 aliphatic carbocycles. The Hall–Kier alpha value is -2.27. The number of fused-ring (bicyclic) bond motifs is 1. The van der Waals surface area contributed by atoms with Crippen LogP contribution in [-0.4, -0.2) is 27.4 Å². The maximum atomic E-state index is 12.6. The van der Waals surface area contributed by atoms with E-state index >= 15 is 0 Å². The fourth-order valence-corrected chi connectivity index (χ4v) is 3.28. The molecule has 1 amide bonds. The van der Waals surface area contributed by atoms with Crippen LogP contribution in [0.25, 0.3) is 10.8 Å². The Morgan fingerprint density at radius 2 is 1.95 bits per heavy atom. The molecule has 0 atom stereocenters. The summed E-state index contributed by atoms with van der Waals surface area (Å²) in [5.41, 5.74) is 1.92. The molecular weight excluding hydrogens is 294 g/mol. The van der Waals surface area contributed by atoms with Gasteiger partial charge in [-0.3, -0.25) is 4.79 Å². The monoisotopic (exact) mass is 311 g/mol. The van der Waals surface area contributed by atoms with E-state index in [2.05, 4.69) is 33.9 Å². The Morgan fingerprint density at radius 3 is 2.77 bits per heavy atom. The van der Waals surface area contributed by atoms with Gasteiger partial charge < -0.3 is 4.90 Å². The minimum Gasteiger partial charge on any atom is -0.337 e. The highest BCUT2D eigenvalue weighted by Gasteiger charge is 2.19. The van der Waals surface area contributed by atoms with Crippen LogP contribution in [-0.2, 0) is 13.0 Å². The second-order valence-corrected chi connectivity index (χ2v) is 5.96. The maximum absolute atomic E-state index is 12.6. The number of aryl methyl sites for hydroxylation is 1. The first-order valence-electron chi connectivity index (χ1n) is 7.24. The van der Waals surface area contributed by atoms with Gasteiger partial charge in [0.15, 0.2) is 0 Å². The van der Waals surface area contributed by atoms with Crippen molar-refractivity contribution in [1.29, 1.82) is 0 Å². The molecule has 1 heterocycles. The summed E-state index contributed by atoms with van der Waals surface area (Å²) in [6.45, 7) is 2.56. The fourth-order valence-electron chi connectivity index (χ4n) is 2.53. The molecule has 0 bridgehead atoms. The lowest BCUT2D eigenvalue weighted by molar-refractivity contribution is 0.0789. The first-order chi connectivity index (χ1) is 10.7. The molecule has 0 N–H and O–H groups in total. The Balaban J connectivity index is 1.87. The number of carbonyl (C=O) groups is 1. The molecule has 0 aliphatic rings. The quantitative estimate of drug-likeness (QED) is 0.740. The Morgan fingerprint density at radius 1 is 1.18 bits per heavy atom. The summed E-state index contributed by atoms with van der Waals surface area (Å²) < 4.78 is 3.90. The fraction of sp³-hybridized carbons (Fsp3) is 0.235. The van der Waals surface area contributed by atoms with Crippen molar-refractivity contribution in [2.45, 2.75) is 19.9 Å². The van der Waals surface area contributed by atoms with Crippen LogP contribution in [0.15, 0.2) is 42.5 Å². The maximum Gasteiger partial charge on any atom is 0.267 e. The molecule has 3 aromatic rings. The zero-order valence-corrected chi connectivity index (χ0v) is 13.4. The molecule has 2 aromatic carbocycles. The highest BCUT2D eigenvalue weighted by Crippen LogP contribution is 2.21. The van der Waals surface area contributed by atoms with Gasteiger partial charge in [-0.05, 0) is 34.3 Å². The van der Waals surface area contributed by atoms with E-state index in [0.29, 0.717) is 11.4 Å². The number of amides is 1. The lowest BCUT2D eigenvalue weighted by Crippen LogP contribution is -2.26. The largest absolute Gasteiger partial charge is 0.337 e. The third kappa shape index (κ3) is 2.72. The van der Waals surface area contributed by atoms with E-state index in [9.17, 15) is 4.79 Å². The summed E-state index contributed by atoms with van der Waals surface area (Å²) in [6, 6.07) is 14.4. The topological polar surface area (TPSA) is 46.1 Å². The molecule has 0 unspecified atom stereocenters. The van der Waals surface area contributed by atoms with Gasteiger partial charge in [0.1, 0.15) is 4.88 Å². The average molecular weight is 311 g/mol. The van der Waals surface area contributed by atoms with Crippen molar-refractivity contribution >= 4 is 28.2 Å². The number of benzene rings is 2. The van der Waals surface area contributed by atoms with Crippen molar-refractivity contribution in [3.63, 3.8) is 0 Å². The van der Waals surface area contributed by atoms with Crippen molar-refractivity contribution in [3.05, 3.63) is 58.6 Å². The normalized spacial score (nSPS) is 10.8. The molecule has 0 spiro atoms. The third-order valence-electron chi connectivity index (χ3n) is 3.72. The van der Waals surface area contributed by atoms with E-state index in [0.717, 1.165) is 17.7 Å². The van der Waals surface area contributed by atoms with E-state index in [1.54, 1.807) is 4.90 Å². The highest BCUT2D eigenvalue weighted by molar-refractivity contribution is 7.07. The number of carbonyl (C=O) groups excluding carboxylic acids is 1. The van der Waals surface area contributed by atoms with Gasteiger partial charge >= 0.3 is 0 Å². The molecule has 22 heavy (non-hydrogen) atoms. The lowest BCUT2D eigenvalue weighted by Gasteiger charge is -2.18. The van der Waals surface area contributed by atoms with Crippen LogP contribution in [0.3, 0.4) is 0 Å². The van der Waals surface area contributed by atoms with Gasteiger partial charge in [-0.2, -0.15) is 0 Å². The van der Waals surface area contributed by atoms with Crippen LogP contribution < -0.4 is 0 Å². The molecule has 0 fully saturated rings. The Kier molecular flexibility index (Phi) is 4.15. The van der Waals surface area contributed by atoms with Gasteiger partial charge in [0.25, 0.3) is 5.91 Å². The molecule has 5 heteroatoms. The number of aromatic nitrogens is 2. The minimum absolute atomic E-state index is 0.0141. The Labute approximate surface area is 133 Å². The number of rotatable bonds is 4. The van der Waals surface area contributed by atoms with Crippen LogP contribution in [0.1, 0.15) is 27.9 Å². The van der Waals surface area contributed by atoms with Gasteiger partial charge in [0.05, 0.1) is 5.69 Å². The van der Waals surface area contributed by atoms with Gasteiger partial charge in [0.2, 0.25) is 0 Å². The van der Waals surface area contributed by atoms with Crippen molar-refractivity contribution in [3.8, 4) is 0 Å². The SMILES string of the molecule is CCc1nnsc1C(=O)N(C)Cc1cccc2ccccc12. The van der Waals surface area contributed by atoms with Gasteiger partial charge in [-0.15, -0.1) is 5.10 Å². The smallest absolute Gasteiger partial charge is 0.267 e. The third-order valence-corrected chi connectivity index (χ3v) is 4.48. The zero-order chi connectivity index (χ0) is 15.5. The van der Waals surface area contributed by atoms with Gasteiger partial charge in [-0.25, -0.2) is 0 Å². The summed E-state index contributed by atoms with van der Waals surface area (Å²) in [6.07, 6.45) is 0.722. The van der Waals surface area contributed by atoms with Gasteiger partial charge in [-0.1, -0.05) is 53.9 Å². The van der Waals surface area contributed by atoms with E-state index in [1.165, 1.54) is 22.3 Å². The van der Waals surface area contributed by atoms with Crippen LogP contribution in [0.5, 0.6) is 0 Å². The van der Waals surface area contributed by atoms with Crippen molar-refractivity contribution in [2.75, 3.05) is 7.05 Å². The van der Waals surface area contributed by atoms with Crippen LogP contribution in [0.2, 0.25) is 0 Å². The van der Waals surface area contributed by atoms with Crippen LogP contribution >= 0.6 is 11.5 Å². The Bertz CT molecular complexity index is 807. The van der Waals surface area contributed by atoms with E-state index in [-0.39, 0.29) is 5.91 Å². The predicted octanol–water partition coefficient (Wildman–Crippen LogP) is 3.53. The standard InChI is InChI=1S/C17H17N3OS/c1-3-15-16(22-19-18-15)17(21)20(2)11-13-9-6-8-12-7-4-5-10-14(12)13/h4-10H,3,11H2,1-2H3. The predicted molar refractivity (Wildman–Crippen MR) is 89.0 cm³/mol. The van der Waals surface area contributed by atoms with E-state index in [1.807, 2.05) is 32.2 Å². The molecule has 0 saturated carbocycles. The second kappa shape index (κ2) is 6.23. The van der Waals surface area contributed by atoms with E-state index in [4.69, 9.17) is 0 Å².